The molecular weight excluding hydrogens is 340 g/mol. The summed E-state index contributed by atoms with van der Waals surface area (Å²) in [5.41, 5.74) is 2.02. The monoisotopic (exact) mass is 358 g/mol. The van der Waals surface area contributed by atoms with Gasteiger partial charge in [-0.25, -0.2) is 4.98 Å². The largest absolute Gasteiger partial charge is 0.497 e. The molecule has 1 amide bonds. The minimum atomic E-state index is -0.399. The van der Waals surface area contributed by atoms with E-state index < -0.39 is 5.25 Å². The van der Waals surface area contributed by atoms with Crippen molar-refractivity contribution in [1.82, 2.24) is 4.98 Å². The number of methoxy groups -OCH3 is 2. The lowest BCUT2D eigenvalue weighted by molar-refractivity contribution is -0.115. The van der Waals surface area contributed by atoms with Crippen molar-refractivity contribution in [2.24, 2.45) is 0 Å². The first-order chi connectivity index (χ1) is 12.1. The van der Waals surface area contributed by atoms with Crippen molar-refractivity contribution in [3.8, 4) is 11.5 Å². The summed E-state index contributed by atoms with van der Waals surface area (Å²) in [7, 11) is 3.12. The summed E-state index contributed by atoms with van der Waals surface area (Å²) in [6, 6.07) is 12.7. The Morgan fingerprint density at radius 3 is 2.72 bits per heavy atom. The number of aromatic nitrogens is 1. The Labute approximate surface area is 149 Å². The van der Waals surface area contributed by atoms with E-state index in [-0.39, 0.29) is 5.91 Å². The molecule has 0 saturated heterocycles. The van der Waals surface area contributed by atoms with Gasteiger partial charge in [-0.15, -0.1) is 0 Å². The van der Waals surface area contributed by atoms with Crippen LogP contribution >= 0.6 is 11.8 Å². The lowest BCUT2D eigenvalue weighted by atomic mass is 10.2. The molecule has 130 valence electrons. The van der Waals surface area contributed by atoms with Crippen LogP contribution in [-0.4, -0.2) is 30.4 Å². The molecule has 3 aromatic rings. The highest BCUT2D eigenvalue weighted by Crippen LogP contribution is 2.31. The van der Waals surface area contributed by atoms with Gasteiger partial charge in [0, 0.05) is 6.07 Å². The van der Waals surface area contributed by atoms with Gasteiger partial charge >= 0.3 is 0 Å². The van der Waals surface area contributed by atoms with Gasteiger partial charge in [-0.05, 0) is 31.2 Å². The van der Waals surface area contributed by atoms with Crippen LogP contribution in [0.3, 0.4) is 0 Å². The second-order valence-electron chi connectivity index (χ2n) is 5.26. The Kier molecular flexibility index (Phi) is 5.14. The summed E-state index contributed by atoms with van der Waals surface area (Å²) in [6.07, 6.45) is 0. The van der Waals surface area contributed by atoms with E-state index in [4.69, 9.17) is 13.9 Å². The van der Waals surface area contributed by atoms with E-state index in [0.29, 0.717) is 28.0 Å². The number of nitrogens with zero attached hydrogens (tertiary/aromatic N) is 1. The zero-order valence-corrected chi connectivity index (χ0v) is 14.9. The van der Waals surface area contributed by atoms with Crippen LogP contribution in [0.15, 0.2) is 52.1 Å². The van der Waals surface area contributed by atoms with Crippen LogP contribution in [0.5, 0.6) is 11.5 Å². The minimum absolute atomic E-state index is 0.182. The Morgan fingerprint density at radius 1 is 1.20 bits per heavy atom. The quantitative estimate of drug-likeness (QED) is 0.672. The van der Waals surface area contributed by atoms with Crippen molar-refractivity contribution in [3.63, 3.8) is 0 Å². The summed E-state index contributed by atoms with van der Waals surface area (Å²) in [5.74, 6) is 1.02. The minimum Gasteiger partial charge on any atom is -0.497 e. The molecular formula is C18H18N2O4S. The average Bonchev–Trinajstić information content (AvgIpc) is 3.03. The van der Waals surface area contributed by atoms with Gasteiger partial charge in [0.15, 0.2) is 5.58 Å². The first-order valence-corrected chi connectivity index (χ1v) is 8.54. The second-order valence-corrected chi connectivity index (χ2v) is 6.56. The number of carbonyl (C=O) groups excluding carboxylic acids is 1. The number of oxazole rings is 1. The molecule has 1 atom stereocenters. The Hall–Kier alpha value is -2.67. The van der Waals surface area contributed by atoms with E-state index in [2.05, 4.69) is 10.3 Å². The van der Waals surface area contributed by atoms with E-state index >= 15 is 0 Å². The number of para-hydroxylation sites is 2. The van der Waals surface area contributed by atoms with Gasteiger partial charge in [0.1, 0.15) is 17.0 Å². The van der Waals surface area contributed by atoms with Gasteiger partial charge in [0.25, 0.3) is 5.22 Å². The number of hydrogen-bond donors (Lipinski definition) is 1. The summed E-state index contributed by atoms with van der Waals surface area (Å²) < 4.78 is 16.1. The fraction of sp³-hybridized carbons (Fsp3) is 0.222. The van der Waals surface area contributed by atoms with Gasteiger partial charge in [0.05, 0.1) is 25.2 Å². The molecule has 25 heavy (non-hydrogen) atoms. The van der Waals surface area contributed by atoms with Crippen LogP contribution in [0.2, 0.25) is 0 Å². The van der Waals surface area contributed by atoms with Gasteiger partial charge in [-0.1, -0.05) is 23.9 Å². The number of rotatable bonds is 6. The number of ether oxygens (including phenoxy) is 2. The third kappa shape index (κ3) is 3.88. The van der Waals surface area contributed by atoms with Crippen molar-refractivity contribution >= 4 is 34.5 Å². The van der Waals surface area contributed by atoms with E-state index in [0.717, 1.165) is 5.52 Å². The van der Waals surface area contributed by atoms with Gasteiger partial charge in [-0.2, -0.15) is 0 Å². The Balaban J connectivity index is 1.72. The normalized spacial score (nSPS) is 12.0. The predicted octanol–water partition coefficient (Wildman–Crippen LogP) is 3.96. The maximum atomic E-state index is 12.5. The Bertz CT molecular complexity index is 861. The smallest absolute Gasteiger partial charge is 0.257 e. The van der Waals surface area contributed by atoms with Crippen molar-refractivity contribution in [2.45, 2.75) is 17.4 Å². The molecule has 1 unspecified atom stereocenters. The van der Waals surface area contributed by atoms with E-state index in [1.165, 1.54) is 11.8 Å². The zero-order chi connectivity index (χ0) is 17.8. The van der Waals surface area contributed by atoms with Crippen LogP contribution in [0.1, 0.15) is 6.92 Å². The van der Waals surface area contributed by atoms with Crippen molar-refractivity contribution in [1.29, 1.82) is 0 Å². The standard InChI is InChI=1S/C18H18N2O4S/c1-11(25-18-20-13-6-4-5-7-16(13)24-18)17(21)19-14-10-12(22-2)8-9-15(14)23-3/h4-11H,1-3H3,(H,19,21). The first kappa shape index (κ1) is 17.2. The SMILES string of the molecule is COc1ccc(OC)c(NC(=O)C(C)Sc2nc3ccccc3o2)c1. The van der Waals surface area contributed by atoms with Crippen molar-refractivity contribution < 1.29 is 18.7 Å². The number of amides is 1. The summed E-state index contributed by atoms with van der Waals surface area (Å²) >= 11 is 1.26. The molecule has 0 fully saturated rings. The fourth-order valence-electron chi connectivity index (χ4n) is 2.25. The zero-order valence-electron chi connectivity index (χ0n) is 14.1. The van der Waals surface area contributed by atoms with Crippen molar-refractivity contribution in [3.05, 3.63) is 42.5 Å². The molecule has 3 rings (SSSR count). The number of carbonyl (C=O) groups is 1. The fourth-order valence-corrected chi connectivity index (χ4v) is 3.01. The van der Waals surface area contributed by atoms with Crippen LogP contribution in [0.25, 0.3) is 11.1 Å². The van der Waals surface area contributed by atoms with Crippen LogP contribution < -0.4 is 14.8 Å². The highest BCUT2D eigenvalue weighted by atomic mass is 32.2. The molecule has 0 bridgehead atoms. The van der Waals surface area contributed by atoms with Crippen LogP contribution in [0, 0.1) is 0 Å². The van der Waals surface area contributed by atoms with E-state index in [9.17, 15) is 4.79 Å². The third-order valence-electron chi connectivity index (χ3n) is 3.59. The molecule has 0 spiro atoms. The highest BCUT2D eigenvalue weighted by Gasteiger charge is 2.19. The number of thioether (sulfide) groups is 1. The topological polar surface area (TPSA) is 73.6 Å². The number of fused-ring (bicyclic) bond motifs is 1. The number of anilines is 1. The first-order valence-electron chi connectivity index (χ1n) is 7.66. The predicted molar refractivity (Wildman–Crippen MR) is 97.5 cm³/mol. The number of benzene rings is 2. The summed E-state index contributed by atoms with van der Waals surface area (Å²) in [6.45, 7) is 1.79. The molecule has 0 radical (unpaired) electrons. The molecule has 1 aromatic heterocycles. The van der Waals surface area contributed by atoms with Gasteiger partial charge in [0.2, 0.25) is 5.91 Å². The van der Waals surface area contributed by atoms with Gasteiger partial charge in [-0.3, -0.25) is 4.79 Å². The van der Waals surface area contributed by atoms with Crippen LogP contribution in [0.4, 0.5) is 5.69 Å². The molecule has 1 N–H and O–H groups in total. The molecule has 0 aliphatic rings. The van der Waals surface area contributed by atoms with E-state index in [1.807, 2.05) is 24.3 Å². The Morgan fingerprint density at radius 2 is 2.00 bits per heavy atom. The lowest BCUT2D eigenvalue weighted by Gasteiger charge is -2.14. The van der Waals surface area contributed by atoms with Crippen molar-refractivity contribution in [2.75, 3.05) is 19.5 Å². The van der Waals surface area contributed by atoms with Crippen LogP contribution in [-0.2, 0) is 4.79 Å². The second kappa shape index (κ2) is 7.48. The molecule has 1 heterocycles. The lowest BCUT2D eigenvalue weighted by Crippen LogP contribution is -2.22. The number of hydrogen-bond acceptors (Lipinski definition) is 6. The average molecular weight is 358 g/mol. The molecule has 0 aliphatic carbocycles. The molecule has 0 saturated carbocycles. The molecule has 7 heteroatoms. The summed E-state index contributed by atoms with van der Waals surface area (Å²) in [5, 5.41) is 2.92. The molecule has 2 aromatic carbocycles. The number of nitrogens with one attached hydrogen (secondary N) is 1. The molecule has 6 nitrogen and oxygen atoms in total. The summed E-state index contributed by atoms with van der Waals surface area (Å²) in [4.78, 5) is 16.9. The van der Waals surface area contributed by atoms with E-state index in [1.54, 1.807) is 39.3 Å². The third-order valence-corrected chi connectivity index (χ3v) is 4.53. The maximum absolute atomic E-state index is 12.5. The maximum Gasteiger partial charge on any atom is 0.257 e. The van der Waals surface area contributed by atoms with Gasteiger partial charge < -0.3 is 19.2 Å². The highest BCUT2D eigenvalue weighted by molar-refractivity contribution is 8.00. The molecule has 0 aliphatic heterocycles.